The summed E-state index contributed by atoms with van der Waals surface area (Å²) >= 11 is 0. The van der Waals surface area contributed by atoms with Gasteiger partial charge >= 0.3 is 11.9 Å². The second-order valence-electron chi connectivity index (χ2n) is 6.48. The van der Waals surface area contributed by atoms with Crippen molar-refractivity contribution in [1.29, 1.82) is 0 Å². The molecule has 1 rings (SSSR count). The Morgan fingerprint density at radius 2 is 1.48 bits per heavy atom. The van der Waals surface area contributed by atoms with Gasteiger partial charge in [0.15, 0.2) is 0 Å². The molecule has 0 aromatic carbocycles. The zero-order chi connectivity index (χ0) is 17.1. The number of ether oxygens (including phenoxy) is 2. The molecule has 0 bridgehead atoms. The van der Waals surface area contributed by atoms with Crippen LogP contribution in [0.15, 0.2) is 0 Å². The van der Waals surface area contributed by atoms with Gasteiger partial charge in [-0.05, 0) is 12.8 Å². The molecule has 1 aliphatic heterocycles. The van der Waals surface area contributed by atoms with Crippen LogP contribution < -0.4 is 5.32 Å². The lowest BCUT2D eigenvalue weighted by atomic mass is 9.94. The predicted molar refractivity (Wildman–Crippen MR) is 90.1 cm³/mol. The number of hydrogen-bond acceptors (Lipinski definition) is 5. The molecule has 0 aromatic rings. The minimum atomic E-state index is -0.386. The van der Waals surface area contributed by atoms with Crippen LogP contribution in [0.3, 0.4) is 0 Å². The maximum absolute atomic E-state index is 11.9. The number of rotatable bonds is 11. The van der Waals surface area contributed by atoms with Gasteiger partial charge < -0.3 is 14.8 Å². The topological polar surface area (TPSA) is 64.6 Å². The average molecular weight is 327 g/mol. The van der Waals surface area contributed by atoms with Crippen LogP contribution >= 0.6 is 0 Å². The first-order valence-electron chi connectivity index (χ1n) is 9.05. The number of hydrogen-bond donors (Lipinski definition) is 1. The van der Waals surface area contributed by atoms with Crippen molar-refractivity contribution in [3.8, 4) is 0 Å². The number of carbonyl (C=O) groups is 2. The molecule has 1 heterocycles. The van der Waals surface area contributed by atoms with Gasteiger partial charge in [0.05, 0.1) is 20.1 Å². The van der Waals surface area contributed by atoms with E-state index < -0.39 is 0 Å². The third-order valence-corrected chi connectivity index (χ3v) is 4.75. The molecule has 0 amide bonds. The van der Waals surface area contributed by atoms with Gasteiger partial charge in [-0.1, -0.05) is 58.3 Å². The number of nitrogens with one attached hydrogen (secondary N) is 1. The van der Waals surface area contributed by atoms with E-state index >= 15 is 0 Å². The molecule has 3 atom stereocenters. The van der Waals surface area contributed by atoms with Crippen LogP contribution in [-0.2, 0) is 19.1 Å². The van der Waals surface area contributed by atoms with E-state index in [2.05, 4.69) is 12.2 Å². The van der Waals surface area contributed by atoms with E-state index in [0.29, 0.717) is 6.42 Å². The Kier molecular flexibility index (Phi) is 9.92. The molecule has 23 heavy (non-hydrogen) atoms. The lowest BCUT2D eigenvalue weighted by molar-refractivity contribution is -0.146. The smallest absolute Gasteiger partial charge is 0.322 e. The third-order valence-electron chi connectivity index (χ3n) is 4.75. The Bertz CT molecular complexity index is 359. The van der Waals surface area contributed by atoms with E-state index in [4.69, 9.17) is 9.47 Å². The Labute approximate surface area is 140 Å². The Morgan fingerprint density at radius 1 is 0.913 bits per heavy atom. The second kappa shape index (κ2) is 11.4. The molecule has 1 saturated heterocycles. The first-order valence-corrected chi connectivity index (χ1v) is 9.05. The van der Waals surface area contributed by atoms with Gasteiger partial charge in [-0.3, -0.25) is 9.59 Å². The summed E-state index contributed by atoms with van der Waals surface area (Å²) in [5, 5.41) is 3.25. The first-order chi connectivity index (χ1) is 11.1. The predicted octanol–water partition coefficient (Wildman–Crippen LogP) is 3.21. The molecule has 1 aliphatic rings. The van der Waals surface area contributed by atoms with Crippen LogP contribution in [0.1, 0.15) is 71.1 Å². The van der Waals surface area contributed by atoms with Crippen LogP contribution in [0.25, 0.3) is 0 Å². The summed E-state index contributed by atoms with van der Waals surface area (Å²) in [6, 6.07) is -0.366. The van der Waals surface area contributed by atoms with Crippen molar-refractivity contribution < 1.29 is 19.1 Å². The summed E-state index contributed by atoms with van der Waals surface area (Å²) < 4.78 is 9.66. The van der Waals surface area contributed by atoms with E-state index in [1.54, 1.807) is 0 Å². The van der Waals surface area contributed by atoms with Gasteiger partial charge in [0.25, 0.3) is 0 Å². The Balaban J connectivity index is 2.29. The van der Waals surface area contributed by atoms with Crippen molar-refractivity contribution in [2.45, 2.75) is 83.2 Å². The van der Waals surface area contributed by atoms with Crippen LogP contribution in [0.5, 0.6) is 0 Å². The summed E-state index contributed by atoms with van der Waals surface area (Å²) in [6.45, 7) is 2.23. The van der Waals surface area contributed by atoms with Gasteiger partial charge in [0.1, 0.15) is 6.04 Å². The number of unbranched alkanes of at least 4 members (excludes halogenated alkanes) is 7. The molecule has 0 radical (unpaired) electrons. The van der Waals surface area contributed by atoms with E-state index in [0.717, 1.165) is 12.8 Å². The lowest BCUT2D eigenvalue weighted by Gasteiger charge is -2.17. The zero-order valence-corrected chi connectivity index (χ0v) is 14.9. The molecule has 0 saturated carbocycles. The third kappa shape index (κ3) is 6.90. The lowest BCUT2D eigenvalue weighted by Crippen LogP contribution is -2.37. The summed E-state index contributed by atoms with van der Waals surface area (Å²) in [4.78, 5) is 23.6. The fourth-order valence-corrected chi connectivity index (χ4v) is 3.36. The van der Waals surface area contributed by atoms with Crippen LogP contribution in [0.2, 0.25) is 0 Å². The second-order valence-corrected chi connectivity index (χ2v) is 6.48. The number of methoxy groups -OCH3 is 2. The molecule has 0 unspecified atom stereocenters. The van der Waals surface area contributed by atoms with Crippen molar-refractivity contribution >= 4 is 11.9 Å². The first kappa shape index (κ1) is 19.9. The molecular weight excluding hydrogens is 294 g/mol. The van der Waals surface area contributed by atoms with Crippen LogP contribution in [0, 0.1) is 5.92 Å². The van der Waals surface area contributed by atoms with E-state index in [1.165, 1.54) is 59.2 Å². The molecule has 5 nitrogen and oxygen atoms in total. The highest BCUT2D eigenvalue weighted by molar-refractivity contribution is 5.80. The zero-order valence-electron chi connectivity index (χ0n) is 14.9. The molecule has 1 N–H and O–H groups in total. The summed E-state index contributed by atoms with van der Waals surface area (Å²) in [6.07, 6.45) is 11.5. The molecule has 5 heteroatoms. The highest BCUT2D eigenvalue weighted by atomic mass is 16.5. The van der Waals surface area contributed by atoms with Crippen molar-refractivity contribution in [3.05, 3.63) is 0 Å². The molecule has 1 fully saturated rings. The Hall–Kier alpha value is -1.10. The minimum Gasteiger partial charge on any atom is -0.469 e. The highest BCUT2D eigenvalue weighted by Gasteiger charge is 2.41. The van der Waals surface area contributed by atoms with Crippen molar-refractivity contribution in [2.24, 2.45) is 5.92 Å². The van der Waals surface area contributed by atoms with Gasteiger partial charge in [0, 0.05) is 6.04 Å². The molecular formula is C18H33NO4. The Morgan fingerprint density at radius 3 is 2.04 bits per heavy atom. The molecule has 0 aromatic heterocycles. The van der Waals surface area contributed by atoms with Crippen molar-refractivity contribution in [2.75, 3.05) is 14.2 Å². The van der Waals surface area contributed by atoms with E-state index in [-0.39, 0.29) is 29.9 Å². The van der Waals surface area contributed by atoms with Crippen LogP contribution in [-0.4, -0.2) is 38.2 Å². The average Bonchev–Trinajstić information content (AvgIpc) is 3.00. The maximum atomic E-state index is 11.9. The monoisotopic (exact) mass is 327 g/mol. The fraction of sp³-hybridized carbons (Fsp3) is 0.889. The normalized spacial score (nSPS) is 23.7. The fourth-order valence-electron chi connectivity index (χ4n) is 3.36. The van der Waals surface area contributed by atoms with Crippen molar-refractivity contribution in [1.82, 2.24) is 5.32 Å². The van der Waals surface area contributed by atoms with E-state index in [1.807, 2.05) is 0 Å². The number of esters is 2. The number of carbonyl (C=O) groups excluding carboxylic acids is 2. The summed E-state index contributed by atoms with van der Waals surface area (Å²) in [5.41, 5.74) is 0. The van der Waals surface area contributed by atoms with Crippen molar-refractivity contribution in [3.63, 3.8) is 0 Å². The molecule has 0 aliphatic carbocycles. The molecule has 0 spiro atoms. The van der Waals surface area contributed by atoms with E-state index in [9.17, 15) is 9.59 Å². The standard InChI is InChI=1S/C18H33NO4/c1-4-5-6-7-8-9-10-11-12-15-14(17(20)22-2)13-16(19-15)18(21)23-3/h14-16,19H,4-13H2,1-3H3/t14-,15+,16+/m0/s1. The summed E-state index contributed by atoms with van der Waals surface area (Å²) in [5.74, 6) is -0.764. The van der Waals surface area contributed by atoms with Gasteiger partial charge in [0.2, 0.25) is 0 Å². The quantitative estimate of drug-likeness (QED) is 0.466. The largest absolute Gasteiger partial charge is 0.469 e. The van der Waals surface area contributed by atoms with Gasteiger partial charge in [-0.2, -0.15) is 0 Å². The van der Waals surface area contributed by atoms with Gasteiger partial charge in [-0.25, -0.2) is 0 Å². The maximum Gasteiger partial charge on any atom is 0.322 e. The summed E-state index contributed by atoms with van der Waals surface area (Å²) in [7, 11) is 2.78. The van der Waals surface area contributed by atoms with Gasteiger partial charge in [-0.15, -0.1) is 0 Å². The minimum absolute atomic E-state index is 0.0200. The SMILES string of the molecule is CCCCCCCCCC[C@H]1N[C@@H](C(=O)OC)C[C@@H]1C(=O)OC. The highest BCUT2D eigenvalue weighted by Crippen LogP contribution is 2.26. The van der Waals surface area contributed by atoms with Crippen LogP contribution in [0.4, 0.5) is 0 Å². The molecule has 134 valence electrons.